The maximum atomic E-state index is 10.6. The predicted molar refractivity (Wildman–Crippen MR) is 119 cm³/mol. The van der Waals surface area contributed by atoms with Crippen molar-refractivity contribution in [2.75, 3.05) is 26.8 Å². The van der Waals surface area contributed by atoms with Gasteiger partial charge in [-0.05, 0) is 30.3 Å². The predicted octanol–water partition coefficient (Wildman–Crippen LogP) is 3.61. The van der Waals surface area contributed by atoms with E-state index in [1.54, 1.807) is 13.2 Å². The van der Waals surface area contributed by atoms with E-state index in [1.165, 1.54) is 0 Å². The summed E-state index contributed by atoms with van der Waals surface area (Å²) < 4.78 is 11.0. The number of aromatic amines is 1. The summed E-state index contributed by atoms with van der Waals surface area (Å²) in [5, 5.41) is 26.2. The first-order valence-electron chi connectivity index (χ1n) is 10.0. The Balaban J connectivity index is 1.36. The second-order valence-corrected chi connectivity index (χ2v) is 7.22. The number of hydrogen-bond donors (Lipinski definition) is 4. The molecule has 4 aromatic rings. The van der Waals surface area contributed by atoms with Crippen molar-refractivity contribution >= 4 is 21.8 Å². The number of para-hydroxylation sites is 3. The number of aromatic nitrogens is 1. The van der Waals surface area contributed by atoms with Crippen LogP contribution in [0.4, 0.5) is 0 Å². The van der Waals surface area contributed by atoms with Crippen LogP contribution in [0.2, 0.25) is 0 Å². The molecular weight excluding hydrogens is 380 g/mol. The number of aliphatic hydroxyl groups is 1. The molecule has 0 bridgehead atoms. The highest BCUT2D eigenvalue weighted by Gasteiger charge is 2.16. The zero-order valence-electron chi connectivity index (χ0n) is 16.9. The molecule has 3 aromatic carbocycles. The Morgan fingerprint density at radius 1 is 0.967 bits per heavy atom. The third-order valence-corrected chi connectivity index (χ3v) is 5.18. The van der Waals surface area contributed by atoms with Crippen molar-refractivity contribution < 1.29 is 19.7 Å². The Bertz CT molecular complexity index is 1140. The van der Waals surface area contributed by atoms with Gasteiger partial charge in [-0.25, -0.2) is 0 Å². The van der Waals surface area contributed by atoms with Crippen LogP contribution in [-0.2, 0) is 6.42 Å². The van der Waals surface area contributed by atoms with Gasteiger partial charge in [0.1, 0.15) is 12.4 Å². The number of phenols is 1. The van der Waals surface area contributed by atoms with Gasteiger partial charge >= 0.3 is 0 Å². The Hall–Kier alpha value is -3.22. The maximum Gasteiger partial charge on any atom is 0.161 e. The van der Waals surface area contributed by atoms with E-state index in [0.717, 1.165) is 27.4 Å². The molecule has 0 radical (unpaired) electrons. The van der Waals surface area contributed by atoms with E-state index >= 15 is 0 Å². The van der Waals surface area contributed by atoms with Crippen molar-refractivity contribution in [1.29, 1.82) is 0 Å². The molecule has 1 atom stereocenters. The molecule has 6 nitrogen and oxygen atoms in total. The molecular formula is C24H26N2O4. The number of aliphatic hydroxyl groups excluding tert-OH is 1. The van der Waals surface area contributed by atoms with E-state index in [0.29, 0.717) is 37.6 Å². The lowest BCUT2D eigenvalue weighted by atomic mass is 10.00. The van der Waals surface area contributed by atoms with E-state index < -0.39 is 6.10 Å². The molecule has 1 aromatic heterocycles. The van der Waals surface area contributed by atoms with E-state index in [-0.39, 0.29) is 5.75 Å². The lowest BCUT2D eigenvalue weighted by Gasteiger charge is -2.15. The second kappa shape index (κ2) is 9.07. The fraction of sp³-hybridized carbons (Fsp3) is 0.250. The molecule has 0 aliphatic carbocycles. The second-order valence-electron chi connectivity index (χ2n) is 7.22. The smallest absolute Gasteiger partial charge is 0.161 e. The highest BCUT2D eigenvalue weighted by Crippen LogP contribution is 2.34. The van der Waals surface area contributed by atoms with Gasteiger partial charge in [-0.2, -0.15) is 0 Å². The Morgan fingerprint density at radius 3 is 2.57 bits per heavy atom. The minimum absolute atomic E-state index is 0.200. The van der Waals surface area contributed by atoms with Crippen LogP contribution in [0.3, 0.4) is 0 Å². The van der Waals surface area contributed by atoms with Gasteiger partial charge in [-0.1, -0.05) is 30.3 Å². The van der Waals surface area contributed by atoms with Gasteiger partial charge in [0.05, 0.1) is 13.2 Å². The van der Waals surface area contributed by atoms with Crippen molar-refractivity contribution in [3.05, 3.63) is 66.2 Å². The standard InChI is InChI=1S/C24H26N2O4/c1-29-22-8-4-5-9-23(22)30-13-12-25-15-16(27)14-18-21(28)11-10-20-24(18)17-6-2-3-7-19(17)26-20/h2-11,16,25-28H,12-15H2,1H3/t16-/m1/s1. The van der Waals surface area contributed by atoms with Crippen LogP contribution in [0.5, 0.6) is 17.2 Å². The summed E-state index contributed by atoms with van der Waals surface area (Å²) in [5.74, 6) is 1.59. The van der Waals surface area contributed by atoms with Crippen molar-refractivity contribution in [1.82, 2.24) is 10.3 Å². The zero-order chi connectivity index (χ0) is 20.9. The minimum Gasteiger partial charge on any atom is -0.508 e. The number of aromatic hydroxyl groups is 1. The van der Waals surface area contributed by atoms with Crippen molar-refractivity contribution in [3.63, 3.8) is 0 Å². The molecule has 0 unspecified atom stereocenters. The molecule has 0 saturated heterocycles. The summed E-state index contributed by atoms with van der Waals surface area (Å²) in [5.41, 5.74) is 2.72. The molecule has 30 heavy (non-hydrogen) atoms. The Labute approximate surface area is 175 Å². The third-order valence-electron chi connectivity index (χ3n) is 5.18. The molecule has 0 fully saturated rings. The summed E-state index contributed by atoms with van der Waals surface area (Å²) in [4.78, 5) is 3.37. The fourth-order valence-corrected chi connectivity index (χ4v) is 3.76. The van der Waals surface area contributed by atoms with E-state index in [4.69, 9.17) is 9.47 Å². The highest BCUT2D eigenvalue weighted by atomic mass is 16.5. The number of benzene rings is 3. The zero-order valence-corrected chi connectivity index (χ0v) is 16.9. The summed E-state index contributed by atoms with van der Waals surface area (Å²) >= 11 is 0. The first kappa shape index (κ1) is 20.1. The number of H-pyrrole nitrogens is 1. The quantitative estimate of drug-likeness (QED) is 0.319. The topological polar surface area (TPSA) is 86.7 Å². The van der Waals surface area contributed by atoms with Gasteiger partial charge in [-0.3, -0.25) is 0 Å². The maximum absolute atomic E-state index is 10.6. The van der Waals surface area contributed by atoms with E-state index in [2.05, 4.69) is 10.3 Å². The SMILES string of the molecule is COc1ccccc1OCCNC[C@H](O)Cc1c(O)ccc2[nH]c3ccccc3c12. The highest BCUT2D eigenvalue weighted by molar-refractivity contribution is 6.09. The monoisotopic (exact) mass is 406 g/mol. The van der Waals surface area contributed by atoms with E-state index in [1.807, 2.05) is 54.6 Å². The van der Waals surface area contributed by atoms with Crippen molar-refractivity contribution in [2.45, 2.75) is 12.5 Å². The van der Waals surface area contributed by atoms with Crippen LogP contribution in [0.25, 0.3) is 21.8 Å². The molecule has 0 aliphatic rings. The molecule has 156 valence electrons. The number of nitrogens with one attached hydrogen (secondary N) is 2. The normalized spacial score (nSPS) is 12.3. The van der Waals surface area contributed by atoms with Gasteiger partial charge in [0.15, 0.2) is 11.5 Å². The van der Waals surface area contributed by atoms with Crippen molar-refractivity contribution in [2.24, 2.45) is 0 Å². The number of rotatable bonds is 9. The first-order chi connectivity index (χ1) is 14.7. The average molecular weight is 406 g/mol. The van der Waals surface area contributed by atoms with Crippen molar-refractivity contribution in [3.8, 4) is 17.2 Å². The Kier molecular flexibility index (Phi) is 6.07. The van der Waals surface area contributed by atoms with Gasteiger partial charge in [-0.15, -0.1) is 0 Å². The van der Waals surface area contributed by atoms with Gasteiger partial charge in [0, 0.05) is 46.9 Å². The lowest BCUT2D eigenvalue weighted by molar-refractivity contribution is 0.168. The molecule has 0 amide bonds. The number of methoxy groups -OCH3 is 1. The molecule has 6 heteroatoms. The lowest BCUT2D eigenvalue weighted by Crippen LogP contribution is -2.31. The van der Waals surface area contributed by atoms with Crippen LogP contribution in [0.15, 0.2) is 60.7 Å². The molecule has 0 saturated carbocycles. The fourth-order valence-electron chi connectivity index (χ4n) is 3.76. The van der Waals surface area contributed by atoms with Crippen LogP contribution < -0.4 is 14.8 Å². The average Bonchev–Trinajstić information content (AvgIpc) is 3.14. The molecule has 4 rings (SSSR count). The number of fused-ring (bicyclic) bond motifs is 3. The van der Waals surface area contributed by atoms with Gasteiger partial charge in [0.2, 0.25) is 0 Å². The number of ether oxygens (including phenoxy) is 2. The minimum atomic E-state index is -0.638. The summed E-state index contributed by atoms with van der Waals surface area (Å²) in [7, 11) is 1.61. The third kappa shape index (κ3) is 4.20. The summed E-state index contributed by atoms with van der Waals surface area (Å²) in [6, 6.07) is 19.0. The van der Waals surface area contributed by atoms with Crippen LogP contribution in [0, 0.1) is 0 Å². The van der Waals surface area contributed by atoms with Crippen LogP contribution in [0.1, 0.15) is 5.56 Å². The number of hydrogen-bond acceptors (Lipinski definition) is 5. The number of phenolic OH excluding ortho intramolecular Hbond substituents is 1. The first-order valence-corrected chi connectivity index (χ1v) is 10.0. The van der Waals surface area contributed by atoms with Gasteiger partial charge < -0.3 is 30.0 Å². The van der Waals surface area contributed by atoms with Crippen LogP contribution >= 0.6 is 0 Å². The molecule has 4 N–H and O–H groups in total. The molecule has 0 aliphatic heterocycles. The molecule has 1 heterocycles. The summed E-state index contributed by atoms with van der Waals surface area (Å²) in [6.45, 7) is 1.43. The van der Waals surface area contributed by atoms with E-state index in [9.17, 15) is 10.2 Å². The Morgan fingerprint density at radius 2 is 1.73 bits per heavy atom. The largest absolute Gasteiger partial charge is 0.508 e. The summed E-state index contributed by atoms with van der Waals surface area (Å²) in [6.07, 6.45) is -0.285. The molecule has 0 spiro atoms. The van der Waals surface area contributed by atoms with Crippen LogP contribution in [-0.4, -0.2) is 48.1 Å². The van der Waals surface area contributed by atoms with Gasteiger partial charge in [0.25, 0.3) is 0 Å².